The Balaban J connectivity index is 1.75. The SMILES string of the molecule is CC(C)(C)c1ccc(SCC(=O)NCCc2ccc(S(N)(=O)=O)cc2)cc1. The molecule has 1 amide bonds. The molecule has 2 aromatic carbocycles. The van der Waals surface area contributed by atoms with E-state index >= 15 is 0 Å². The molecule has 0 aromatic heterocycles. The molecule has 7 heteroatoms. The van der Waals surface area contributed by atoms with E-state index in [0.717, 1.165) is 10.5 Å². The highest BCUT2D eigenvalue weighted by Gasteiger charge is 2.13. The number of amides is 1. The number of nitrogens with two attached hydrogens (primary N) is 1. The van der Waals surface area contributed by atoms with Crippen LogP contribution in [0.3, 0.4) is 0 Å². The zero-order valence-corrected chi connectivity index (χ0v) is 17.5. The Bertz CT molecular complexity index is 869. The number of carbonyl (C=O) groups is 1. The van der Waals surface area contributed by atoms with E-state index in [1.807, 2.05) is 12.1 Å². The number of benzene rings is 2. The molecule has 146 valence electrons. The Morgan fingerprint density at radius 3 is 2.15 bits per heavy atom. The molecule has 0 saturated carbocycles. The van der Waals surface area contributed by atoms with E-state index in [2.05, 4.69) is 38.2 Å². The molecule has 0 aliphatic carbocycles. The molecule has 0 radical (unpaired) electrons. The van der Waals surface area contributed by atoms with Gasteiger partial charge in [-0.15, -0.1) is 11.8 Å². The van der Waals surface area contributed by atoms with E-state index in [1.165, 1.54) is 29.5 Å². The van der Waals surface area contributed by atoms with Crippen molar-refractivity contribution in [2.45, 2.75) is 42.4 Å². The first-order valence-electron chi connectivity index (χ1n) is 8.67. The van der Waals surface area contributed by atoms with Crippen molar-refractivity contribution in [1.29, 1.82) is 0 Å². The summed E-state index contributed by atoms with van der Waals surface area (Å²) in [6.07, 6.45) is 0.627. The van der Waals surface area contributed by atoms with E-state index in [1.54, 1.807) is 12.1 Å². The third-order valence-electron chi connectivity index (χ3n) is 4.08. The fourth-order valence-electron chi connectivity index (χ4n) is 2.44. The number of hydrogen-bond acceptors (Lipinski definition) is 4. The maximum atomic E-state index is 12.0. The third kappa shape index (κ3) is 7.01. The fraction of sp³-hybridized carbons (Fsp3) is 0.350. The Hall–Kier alpha value is -1.83. The number of sulfonamides is 1. The molecule has 0 fully saturated rings. The van der Waals surface area contributed by atoms with E-state index < -0.39 is 10.0 Å². The predicted molar refractivity (Wildman–Crippen MR) is 110 cm³/mol. The van der Waals surface area contributed by atoms with Crippen molar-refractivity contribution in [2.75, 3.05) is 12.3 Å². The summed E-state index contributed by atoms with van der Waals surface area (Å²) in [6.45, 7) is 7.01. The second kappa shape index (κ2) is 8.91. The lowest BCUT2D eigenvalue weighted by atomic mass is 9.87. The average Bonchev–Trinajstić information content (AvgIpc) is 2.59. The molecule has 0 aliphatic rings. The van der Waals surface area contributed by atoms with E-state index in [9.17, 15) is 13.2 Å². The van der Waals surface area contributed by atoms with Crippen LogP contribution in [0.15, 0.2) is 58.3 Å². The highest BCUT2D eigenvalue weighted by Crippen LogP contribution is 2.25. The minimum Gasteiger partial charge on any atom is -0.355 e. The van der Waals surface area contributed by atoms with Gasteiger partial charge in [-0.25, -0.2) is 13.6 Å². The maximum absolute atomic E-state index is 12.0. The Kier molecular flexibility index (Phi) is 7.08. The molecule has 0 spiro atoms. The largest absolute Gasteiger partial charge is 0.355 e. The second-order valence-electron chi connectivity index (χ2n) is 7.35. The summed E-state index contributed by atoms with van der Waals surface area (Å²) >= 11 is 1.51. The highest BCUT2D eigenvalue weighted by molar-refractivity contribution is 8.00. The number of hydrogen-bond donors (Lipinski definition) is 2. The molecule has 0 saturated heterocycles. The number of nitrogens with one attached hydrogen (secondary N) is 1. The molecule has 5 nitrogen and oxygen atoms in total. The van der Waals surface area contributed by atoms with Crippen LogP contribution in [-0.4, -0.2) is 26.6 Å². The van der Waals surface area contributed by atoms with Gasteiger partial charge < -0.3 is 5.32 Å². The van der Waals surface area contributed by atoms with Gasteiger partial charge in [0.2, 0.25) is 15.9 Å². The molecule has 0 atom stereocenters. The molecular weight excluding hydrogens is 380 g/mol. The third-order valence-corrected chi connectivity index (χ3v) is 6.02. The van der Waals surface area contributed by atoms with Crippen molar-refractivity contribution < 1.29 is 13.2 Å². The number of thioether (sulfide) groups is 1. The van der Waals surface area contributed by atoms with Gasteiger partial charge in [0.15, 0.2) is 0 Å². The first kappa shape index (κ1) is 21.5. The summed E-state index contributed by atoms with van der Waals surface area (Å²) in [5, 5.41) is 7.95. The zero-order chi connectivity index (χ0) is 20.1. The van der Waals surface area contributed by atoms with Crippen LogP contribution in [0.1, 0.15) is 31.9 Å². The van der Waals surface area contributed by atoms with Crippen LogP contribution in [0.5, 0.6) is 0 Å². The number of primary sulfonamides is 1. The van der Waals surface area contributed by atoms with Crippen LogP contribution in [0, 0.1) is 0 Å². The quantitative estimate of drug-likeness (QED) is 0.692. The van der Waals surface area contributed by atoms with Crippen molar-refractivity contribution >= 4 is 27.7 Å². The van der Waals surface area contributed by atoms with Crippen LogP contribution in [0.4, 0.5) is 0 Å². The molecule has 0 heterocycles. The molecule has 0 aliphatic heterocycles. The van der Waals surface area contributed by atoms with Gasteiger partial charge in [-0.3, -0.25) is 4.79 Å². The zero-order valence-electron chi connectivity index (χ0n) is 15.9. The molecule has 27 heavy (non-hydrogen) atoms. The van der Waals surface area contributed by atoms with Crippen LogP contribution >= 0.6 is 11.8 Å². The van der Waals surface area contributed by atoms with Crippen molar-refractivity contribution in [3.63, 3.8) is 0 Å². The van der Waals surface area contributed by atoms with Crippen molar-refractivity contribution in [3.05, 3.63) is 59.7 Å². The Morgan fingerprint density at radius 1 is 1.04 bits per heavy atom. The Labute approximate surface area is 165 Å². The second-order valence-corrected chi connectivity index (χ2v) is 9.96. The van der Waals surface area contributed by atoms with Crippen molar-refractivity contribution in [2.24, 2.45) is 5.14 Å². The number of carbonyl (C=O) groups excluding carboxylic acids is 1. The standard InChI is InChI=1S/C20H26N2O3S2/c1-20(2,3)16-6-8-17(9-7-16)26-14-19(23)22-13-12-15-4-10-18(11-5-15)27(21,24)25/h4-11H,12-14H2,1-3H3,(H,22,23)(H2,21,24,25). The van der Waals surface area contributed by atoms with Crippen molar-refractivity contribution in [1.82, 2.24) is 5.32 Å². The van der Waals surface area contributed by atoms with Crippen LogP contribution in [-0.2, 0) is 26.7 Å². The summed E-state index contributed by atoms with van der Waals surface area (Å²) in [7, 11) is -3.67. The average molecular weight is 407 g/mol. The summed E-state index contributed by atoms with van der Waals surface area (Å²) in [4.78, 5) is 13.1. The minimum absolute atomic E-state index is 0.0268. The summed E-state index contributed by atoms with van der Waals surface area (Å²) in [5.41, 5.74) is 2.32. The predicted octanol–water partition coefficient (Wildman–Crippen LogP) is 3.08. The molecular formula is C20H26N2O3S2. The van der Waals surface area contributed by atoms with Gasteiger partial charge in [0.1, 0.15) is 0 Å². The van der Waals surface area contributed by atoms with Crippen LogP contribution in [0.2, 0.25) is 0 Å². The van der Waals surface area contributed by atoms with Crippen LogP contribution < -0.4 is 10.5 Å². The lowest BCUT2D eigenvalue weighted by Crippen LogP contribution is -2.27. The highest BCUT2D eigenvalue weighted by atomic mass is 32.2. The minimum atomic E-state index is -3.67. The van der Waals surface area contributed by atoms with Gasteiger partial charge in [0, 0.05) is 11.4 Å². The lowest BCUT2D eigenvalue weighted by Gasteiger charge is -2.19. The van der Waals surface area contributed by atoms with Crippen molar-refractivity contribution in [3.8, 4) is 0 Å². The van der Waals surface area contributed by atoms with Gasteiger partial charge >= 0.3 is 0 Å². The van der Waals surface area contributed by atoms with Gasteiger partial charge in [0.25, 0.3) is 0 Å². The maximum Gasteiger partial charge on any atom is 0.238 e. The summed E-state index contributed by atoms with van der Waals surface area (Å²) in [5.74, 6) is 0.334. The van der Waals surface area contributed by atoms with E-state index in [4.69, 9.17) is 5.14 Å². The van der Waals surface area contributed by atoms with Gasteiger partial charge in [-0.1, -0.05) is 45.0 Å². The first-order valence-corrected chi connectivity index (χ1v) is 11.2. The van der Waals surface area contributed by atoms with E-state index in [-0.39, 0.29) is 16.2 Å². The normalized spacial score (nSPS) is 12.0. The monoisotopic (exact) mass is 406 g/mol. The fourth-order valence-corrected chi connectivity index (χ4v) is 3.69. The molecule has 2 rings (SSSR count). The number of rotatable bonds is 7. The first-order chi connectivity index (χ1) is 12.6. The smallest absolute Gasteiger partial charge is 0.238 e. The summed E-state index contributed by atoms with van der Waals surface area (Å²) < 4.78 is 22.4. The van der Waals surface area contributed by atoms with Gasteiger partial charge in [-0.2, -0.15) is 0 Å². The Morgan fingerprint density at radius 2 is 1.63 bits per heavy atom. The molecule has 2 aromatic rings. The summed E-state index contributed by atoms with van der Waals surface area (Å²) in [6, 6.07) is 14.7. The molecule has 0 bridgehead atoms. The van der Waals surface area contributed by atoms with Gasteiger partial charge in [0.05, 0.1) is 10.6 Å². The van der Waals surface area contributed by atoms with Crippen LogP contribution in [0.25, 0.3) is 0 Å². The topological polar surface area (TPSA) is 89.3 Å². The lowest BCUT2D eigenvalue weighted by molar-refractivity contribution is -0.118. The molecule has 3 N–H and O–H groups in total. The van der Waals surface area contributed by atoms with Gasteiger partial charge in [-0.05, 0) is 47.2 Å². The molecule has 0 unspecified atom stereocenters. The van der Waals surface area contributed by atoms with E-state index in [0.29, 0.717) is 18.7 Å².